The van der Waals surface area contributed by atoms with Crippen LogP contribution in [0.25, 0.3) is 0 Å². The van der Waals surface area contributed by atoms with Crippen molar-refractivity contribution in [2.75, 3.05) is 12.1 Å². The Morgan fingerprint density at radius 3 is 2.69 bits per heavy atom. The van der Waals surface area contributed by atoms with Gasteiger partial charge in [0.2, 0.25) is 12.7 Å². The fraction of sp³-hybridized carbons (Fsp3) is 0.158. The standard InChI is InChI=1S/C19H16ClN3O3/c1-11-15(8-12-2-4-13(20)5-3-12)18(24)23-19(21-11)22-14-6-7-16-17(9-14)26-10-25-16/h2-7,9H,8,10H2,1H3,(H2,21,22,23,24). The number of H-pyrrole nitrogens is 1. The second-order valence-corrected chi connectivity index (χ2v) is 6.41. The molecule has 26 heavy (non-hydrogen) atoms. The van der Waals surface area contributed by atoms with E-state index in [0.29, 0.717) is 40.1 Å². The Labute approximate surface area is 154 Å². The van der Waals surface area contributed by atoms with Gasteiger partial charge in [-0.15, -0.1) is 0 Å². The van der Waals surface area contributed by atoms with Crippen molar-refractivity contribution in [2.45, 2.75) is 13.3 Å². The molecule has 0 saturated heterocycles. The van der Waals surface area contributed by atoms with Gasteiger partial charge in [0, 0.05) is 28.8 Å². The molecule has 0 spiro atoms. The molecule has 0 unspecified atom stereocenters. The van der Waals surface area contributed by atoms with Crippen LogP contribution in [-0.2, 0) is 6.42 Å². The van der Waals surface area contributed by atoms with Crippen LogP contribution in [0.1, 0.15) is 16.8 Å². The summed E-state index contributed by atoms with van der Waals surface area (Å²) >= 11 is 5.90. The molecule has 0 aliphatic carbocycles. The minimum absolute atomic E-state index is 0.171. The molecule has 0 fully saturated rings. The molecule has 4 rings (SSSR count). The Balaban J connectivity index is 1.57. The van der Waals surface area contributed by atoms with Crippen molar-refractivity contribution in [3.8, 4) is 11.5 Å². The first-order chi connectivity index (χ1) is 12.6. The third kappa shape index (κ3) is 3.36. The molecule has 1 aromatic heterocycles. The van der Waals surface area contributed by atoms with Crippen LogP contribution in [0, 0.1) is 6.92 Å². The van der Waals surface area contributed by atoms with Gasteiger partial charge in [-0.3, -0.25) is 9.78 Å². The smallest absolute Gasteiger partial charge is 0.256 e. The lowest BCUT2D eigenvalue weighted by molar-refractivity contribution is 0.174. The van der Waals surface area contributed by atoms with Crippen LogP contribution >= 0.6 is 11.6 Å². The van der Waals surface area contributed by atoms with Gasteiger partial charge in [-0.2, -0.15) is 0 Å². The number of benzene rings is 2. The summed E-state index contributed by atoms with van der Waals surface area (Å²) in [5.74, 6) is 1.74. The van der Waals surface area contributed by atoms with Gasteiger partial charge in [-0.25, -0.2) is 4.98 Å². The minimum atomic E-state index is -0.171. The molecule has 1 aliphatic rings. The molecular weight excluding hydrogens is 354 g/mol. The van der Waals surface area contributed by atoms with E-state index in [2.05, 4.69) is 15.3 Å². The Hall–Kier alpha value is -2.99. The lowest BCUT2D eigenvalue weighted by atomic mass is 10.1. The monoisotopic (exact) mass is 369 g/mol. The Morgan fingerprint density at radius 2 is 1.92 bits per heavy atom. The summed E-state index contributed by atoms with van der Waals surface area (Å²) in [5, 5.41) is 3.76. The summed E-state index contributed by atoms with van der Waals surface area (Å²) in [6.07, 6.45) is 0.496. The zero-order valence-corrected chi connectivity index (χ0v) is 14.8. The van der Waals surface area contributed by atoms with Gasteiger partial charge in [0.1, 0.15) is 0 Å². The molecule has 1 aliphatic heterocycles. The number of aromatic nitrogens is 2. The third-order valence-corrected chi connectivity index (χ3v) is 4.40. The number of hydrogen-bond acceptors (Lipinski definition) is 5. The maximum Gasteiger partial charge on any atom is 0.256 e. The number of aryl methyl sites for hydroxylation is 1. The molecule has 0 radical (unpaired) electrons. The largest absolute Gasteiger partial charge is 0.454 e. The second-order valence-electron chi connectivity index (χ2n) is 5.97. The number of ether oxygens (including phenoxy) is 2. The van der Waals surface area contributed by atoms with E-state index in [-0.39, 0.29) is 12.4 Å². The van der Waals surface area contributed by atoms with E-state index in [0.717, 1.165) is 11.3 Å². The number of anilines is 2. The first-order valence-electron chi connectivity index (χ1n) is 8.09. The van der Waals surface area contributed by atoms with Crippen molar-refractivity contribution < 1.29 is 9.47 Å². The predicted molar refractivity (Wildman–Crippen MR) is 99.7 cm³/mol. The van der Waals surface area contributed by atoms with Gasteiger partial charge < -0.3 is 14.8 Å². The van der Waals surface area contributed by atoms with Crippen LogP contribution in [0.3, 0.4) is 0 Å². The van der Waals surface area contributed by atoms with Crippen LogP contribution in [0.5, 0.6) is 11.5 Å². The van der Waals surface area contributed by atoms with E-state index in [1.54, 1.807) is 6.07 Å². The second kappa shape index (κ2) is 6.72. The lowest BCUT2D eigenvalue weighted by Crippen LogP contribution is -2.18. The SMILES string of the molecule is Cc1nc(Nc2ccc3c(c2)OCO3)[nH]c(=O)c1Cc1ccc(Cl)cc1. The van der Waals surface area contributed by atoms with Gasteiger partial charge >= 0.3 is 0 Å². The molecule has 0 saturated carbocycles. The Bertz CT molecular complexity index is 1020. The van der Waals surface area contributed by atoms with Gasteiger partial charge in [-0.05, 0) is 36.8 Å². The topological polar surface area (TPSA) is 76.2 Å². The van der Waals surface area contributed by atoms with E-state index in [1.165, 1.54) is 0 Å². The Morgan fingerprint density at radius 1 is 1.15 bits per heavy atom. The van der Waals surface area contributed by atoms with Gasteiger partial charge in [0.25, 0.3) is 5.56 Å². The molecule has 3 aromatic rings. The van der Waals surface area contributed by atoms with E-state index >= 15 is 0 Å². The number of aromatic amines is 1. The third-order valence-electron chi connectivity index (χ3n) is 4.15. The average Bonchev–Trinajstić information content (AvgIpc) is 3.07. The van der Waals surface area contributed by atoms with E-state index in [9.17, 15) is 4.79 Å². The first kappa shape index (κ1) is 16.5. The molecule has 2 aromatic carbocycles. The van der Waals surface area contributed by atoms with Crippen molar-refractivity contribution in [3.05, 3.63) is 74.7 Å². The number of hydrogen-bond donors (Lipinski definition) is 2. The van der Waals surface area contributed by atoms with Crippen molar-refractivity contribution >= 4 is 23.2 Å². The van der Waals surface area contributed by atoms with Crippen LogP contribution in [-0.4, -0.2) is 16.8 Å². The summed E-state index contributed by atoms with van der Waals surface area (Å²) < 4.78 is 10.6. The minimum Gasteiger partial charge on any atom is -0.454 e. The molecule has 2 heterocycles. The summed E-state index contributed by atoms with van der Waals surface area (Å²) in [6, 6.07) is 12.9. The van der Waals surface area contributed by atoms with Crippen LogP contribution in [0.2, 0.25) is 5.02 Å². The maximum atomic E-state index is 12.5. The highest BCUT2D eigenvalue weighted by molar-refractivity contribution is 6.30. The Kier molecular flexibility index (Phi) is 4.26. The van der Waals surface area contributed by atoms with E-state index in [1.807, 2.05) is 43.3 Å². The highest BCUT2D eigenvalue weighted by atomic mass is 35.5. The lowest BCUT2D eigenvalue weighted by Gasteiger charge is -2.10. The number of rotatable bonds is 4. The van der Waals surface area contributed by atoms with Crippen molar-refractivity contribution in [2.24, 2.45) is 0 Å². The van der Waals surface area contributed by atoms with Crippen LogP contribution in [0.4, 0.5) is 11.6 Å². The average molecular weight is 370 g/mol. The van der Waals surface area contributed by atoms with E-state index < -0.39 is 0 Å². The molecule has 6 nitrogen and oxygen atoms in total. The van der Waals surface area contributed by atoms with Gasteiger partial charge in [0.15, 0.2) is 11.5 Å². The zero-order chi connectivity index (χ0) is 18.1. The predicted octanol–water partition coefficient (Wildman–Crippen LogP) is 3.79. The van der Waals surface area contributed by atoms with Gasteiger partial charge in [-0.1, -0.05) is 23.7 Å². The number of halogens is 1. The highest BCUT2D eigenvalue weighted by Gasteiger charge is 2.14. The fourth-order valence-electron chi connectivity index (χ4n) is 2.80. The number of nitrogens with zero attached hydrogens (tertiary/aromatic N) is 1. The van der Waals surface area contributed by atoms with Crippen molar-refractivity contribution in [3.63, 3.8) is 0 Å². The molecule has 0 bridgehead atoms. The molecule has 0 atom stereocenters. The van der Waals surface area contributed by atoms with Crippen LogP contribution in [0.15, 0.2) is 47.3 Å². The first-order valence-corrected chi connectivity index (χ1v) is 8.47. The molecule has 7 heteroatoms. The van der Waals surface area contributed by atoms with Gasteiger partial charge in [0.05, 0.1) is 5.69 Å². The molecule has 0 amide bonds. The molecule has 2 N–H and O–H groups in total. The number of fused-ring (bicyclic) bond motifs is 1. The quantitative estimate of drug-likeness (QED) is 0.731. The molecular formula is C19H16ClN3O3. The summed E-state index contributed by atoms with van der Waals surface area (Å²) in [7, 11) is 0. The van der Waals surface area contributed by atoms with Crippen LogP contribution < -0.4 is 20.3 Å². The normalized spacial score (nSPS) is 12.2. The zero-order valence-electron chi connectivity index (χ0n) is 14.0. The molecule has 132 valence electrons. The van der Waals surface area contributed by atoms with E-state index in [4.69, 9.17) is 21.1 Å². The highest BCUT2D eigenvalue weighted by Crippen LogP contribution is 2.34. The maximum absolute atomic E-state index is 12.5. The summed E-state index contributed by atoms with van der Waals surface area (Å²) in [6.45, 7) is 2.04. The summed E-state index contributed by atoms with van der Waals surface area (Å²) in [4.78, 5) is 19.8. The van der Waals surface area contributed by atoms with Crippen molar-refractivity contribution in [1.82, 2.24) is 9.97 Å². The van der Waals surface area contributed by atoms with Crippen molar-refractivity contribution in [1.29, 1.82) is 0 Å². The summed E-state index contributed by atoms with van der Waals surface area (Å²) in [5.41, 5.74) is 2.88. The fourth-order valence-corrected chi connectivity index (χ4v) is 2.92. The number of nitrogens with one attached hydrogen (secondary N) is 2.